The smallest absolute Gasteiger partial charge is 0.271 e. The summed E-state index contributed by atoms with van der Waals surface area (Å²) in [5.41, 5.74) is 1.08. The van der Waals surface area contributed by atoms with E-state index in [-0.39, 0.29) is 5.56 Å². The third-order valence-electron chi connectivity index (χ3n) is 2.59. The molecule has 0 bridgehead atoms. The predicted molar refractivity (Wildman–Crippen MR) is 67.1 cm³/mol. The average Bonchev–Trinajstić information content (AvgIpc) is 2.81. The van der Waals surface area contributed by atoms with E-state index in [2.05, 4.69) is 5.10 Å². The Morgan fingerprint density at radius 1 is 1.35 bits per heavy atom. The Morgan fingerprint density at radius 3 is 2.82 bits per heavy atom. The lowest BCUT2D eigenvalue weighted by Gasteiger charge is -2.02. The highest BCUT2D eigenvalue weighted by molar-refractivity contribution is 7.07. The molecule has 0 radical (unpaired) electrons. The van der Waals surface area contributed by atoms with Gasteiger partial charge in [0.1, 0.15) is 6.67 Å². The lowest BCUT2D eigenvalue weighted by atomic mass is 10.2. The van der Waals surface area contributed by atoms with Crippen molar-refractivity contribution in [3.8, 4) is 0 Å². The van der Waals surface area contributed by atoms with Crippen LogP contribution in [0.2, 0.25) is 0 Å². The van der Waals surface area contributed by atoms with E-state index in [0.717, 1.165) is 14.9 Å². The third-order valence-corrected chi connectivity index (χ3v) is 3.58. The van der Waals surface area contributed by atoms with E-state index in [1.54, 1.807) is 9.58 Å². The van der Waals surface area contributed by atoms with Crippen LogP contribution in [-0.4, -0.2) is 16.6 Å². The lowest BCUT2D eigenvalue weighted by Crippen LogP contribution is -2.30. The normalized spacial score (nSPS) is 14.9. The molecule has 1 aliphatic rings. The van der Waals surface area contributed by atoms with Gasteiger partial charge in [-0.3, -0.25) is 14.4 Å². The Bertz CT molecular complexity index is 714. The van der Waals surface area contributed by atoms with E-state index in [1.165, 1.54) is 11.3 Å². The molecule has 1 aromatic carbocycles. The van der Waals surface area contributed by atoms with Crippen LogP contribution in [0.5, 0.6) is 0 Å². The Balaban J connectivity index is 2.19. The molecular weight excluding hydrogens is 234 g/mol. The molecule has 2 heterocycles. The molecule has 5 heteroatoms. The molecule has 0 saturated carbocycles. The van der Waals surface area contributed by atoms with Crippen LogP contribution in [0.1, 0.15) is 5.56 Å². The minimum atomic E-state index is 0.0435. The highest BCUT2D eigenvalue weighted by atomic mass is 32.1. The minimum absolute atomic E-state index is 0.0435. The number of nitrogens with zero attached hydrogens (tertiary/aromatic N) is 3. The maximum absolute atomic E-state index is 12.1. The third kappa shape index (κ3) is 1.78. The number of hydrogen-bond donors (Lipinski definition) is 0. The largest absolute Gasteiger partial charge is 0.277 e. The zero-order chi connectivity index (χ0) is 11.8. The van der Waals surface area contributed by atoms with Crippen LogP contribution in [0.3, 0.4) is 0 Å². The van der Waals surface area contributed by atoms with Crippen molar-refractivity contribution in [2.45, 2.75) is 6.67 Å². The molecule has 0 fully saturated rings. The summed E-state index contributed by atoms with van der Waals surface area (Å²) in [5.74, 6) is 0. The standard InChI is InChI=1S/C12H11N3OS/c1-14-8-15-11(16)10(17-12(15)13-14)7-9-5-3-2-4-6-9/h2-7H,8H2,1H3/b10-7-. The van der Waals surface area contributed by atoms with E-state index in [0.29, 0.717) is 6.67 Å². The average molecular weight is 245 g/mol. The Labute approximate surface area is 102 Å². The van der Waals surface area contributed by atoms with Gasteiger partial charge in [0.2, 0.25) is 4.80 Å². The number of hydrogen-bond acceptors (Lipinski definition) is 4. The van der Waals surface area contributed by atoms with Crippen LogP contribution in [0.25, 0.3) is 6.08 Å². The highest BCUT2D eigenvalue weighted by Crippen LogP contribution is 1.99. The first-order valence-corrected chi connectivity index (χ1v) is 6.12. The number of benzene rings is 1. The Hall–Kier alpha value is -1.88. The summed E-state index contributed by atoms with van der Waals surface area (Å²) < 4.78 is 2.43. The van der Waals surface area contributed by atoms with Gasteiger partial charge in [0, 0.05) is 7.05 Å². The molecule has 17 heavy (non-hydrogen) atoms. The number of fused-ring (bicyclic) bond motifs is 1. The zero-order valence-corrected chi connectivity index (χ0v) is 10.1. The van der Waals surface area contributed by atoms with Gasteiger partial charge in [-0.2, -0.15) is 0 Å². The molecule has 2 aromatic rings. The van der Waals surface area contributed by atoms with E-state index in [9.17, 15) is 4.79 Å². The fraction of sp³-hybridized carbons (Fsp3) is 0.167. The Kier molecular flexibility index (Phi) is 2.33. The van der Waals surface area contributed by atoms with E-state index >= 15 is 0 Å². The summed E-state index contributed by atoms with van der Waals surface area (Å²) in [7, 11) is 1.86. The number of thiazole rings is 1. The molecule has 1 aliphatic heterocycles. The summed E-state index contributed by atoms with van der Waals surface area (Å²) >= 11 is 1.43. The molecule has 3 rings (SSSR count). The van der Waals surface area contributed by atoms with Gasteiger partial charge in [-0.25, -0.2) is 0 Å². The van der Waals surface area contributed by atoms with Gasteiger partial charge in [-0.05, 0) is 11.6 Å². The van der Waals surface area contributed by atoms with E-state index in [4.69, 9.17) is 0 Å². The second kappa shape index (κ2) is 3.85. The van der Waals surface area contributed by atoms with Crippen molar-refractivity contribution in [2.24, 2.45) is 5.10 Å². The summed E-state index contributed by atoms with van der Waals surface area (Å²) in [4.78, 5) is 12.8. The molecule has 0 aliphatic carbocycles. The lowest BCUT2D eigenvalue weighted by molar-refractivity contribution is 0.314. The monoisotopic (exact) mass is 245 g/mol. The summed E-state index contributed by atoms with van der Waals surface area (Å²) in [6.07, 6.45) is 1.91. The van der Waals surface area contributed by atoms with Crippen LogP contribution >= 0.6 is 11.3 Å². The van der Waals surface area contributed by atoms with Gasteiger partial charge >= 0.3 is 0 Å². The first-order valence-electron chi connectivity index (χ1n) is 5.30. The second-order valence-corrected chi connectivity index (χ2v) is 4.95. The van der Waals surface area contributed by atoms with Crippen molar-refractivity contribution in [3.63, 3.8) is 0 Å². The van der Waals surface area contributed by atoms with Crippen LogP contribution in [0, 0.1) is 0 Å². The van der Waals surface area contributed by atoms with Gasteiger partial charge in [0.25, 0.3) is 5.56 Å². The molecule has 1 aromatic heterocycles. The van der Waals surface area contributed by atoms with Crippen molar-refractivity contribution >= 4 is 17.4 Å². The van der Waals surface area contributed by atoms with Gasteiger partial charge in [-0.15, -0.1) is 5.10 Å². The first-order chi connectivity index (χ1) is 8.24. The quantitative estimate of drug-likeness (QED) is 0.718. The van der Waals surface area contributed by atoms with Crippen LogP contribution in [0.15, 0.2) is 40.2 Å². The van der Waals surface area contributed by atoms with Gasteiger partial charge in [-0.1, -0.05) is 41.7 Å². The molecule has 0 spiro atoms. The van der Waals surface area contributed by atoms with Crippen molar-refractivity contribution < 1.29 is 0 Å². The first kappa shape index (κ1) is 10.3. The zero-order valence-electron chi connectivity index (χ0n) is 9.33. The molecule has 0 saturated heterocycles. The summed E-state index contributed by atoms with van der Waals surface area (Å²) in [6, 6.07) is 9.85. The predicted octanol–water partition coefficient (Wildman–Crippen LogP) is 0.176. The van der Waals surface area contributed by atoms with Crippen molar-refractivity contribution in [1.82, 2.24) is 9.58 Å². The molecule has 0 atom stereocenters. The summed E-state index contributed by atoms with van der Waals surface area (Å²) in [5, 5.41) is 6.03. The number of aromatic nitrogens is 1. The van der Waals surface area contributed by atoms with Gasteiger partial charge in [0.05, 0.1) is 4.53 Å². The van der Waals surface area contributed by atoms with E-state index < -0.39 is 0 Å². The van der Waals surface area contributed by atoms with E-state index in [1.807, 2.05) is 43.5 Å². The maximum atomic E-state index is 12.1. The summed E-state index contributed by atoms with van der Waals surface area (Å²) in [6.45, 7) is 0.549. The molecule has 0 unspecified atom stereocenters. The molecule has 86 valence electrons. The second-order valence-electron chi connectivity index (χ2n) is 3.94. The molecular formula is C12H11N3OS. The van der Waals surface area contributed by atoms with Crippen LogP contribution in [0.4, 0.5) is 0 Å². The Morgan fingerprint density at radius 2 is 2.12 bits per heavy atom. The van der Waals surface area contributed by atoms with Gasteiger partial charge < -0.3 is 0 Å². The van der Waals surface area contributed by atoms with Gasteiger partial charge in [0.15, 0.2) is 0 Å². The highest BCUT2D eigenvalue weighted by Gasteiger charge is 2.12. The van der Waals surface area contributed by atoms with Crippen molar-refractivity contribution in [2.75, 3.05) is 7.05 Å². The van der Waals surface area contributed by atoms with Crippen LogP contribution in [-0.2, 0) is 6.67 Å². The fourth-order valence-electron chi connectivity index (χ4n) is 1.79. The molecule has 0 N–H and O–H groups in total. The SMILES string of the molecule is CN1Cn2c(s/c(=C\c3ccccc3)c2=O)=N1. The maximum Gasteiger partial charge on any atom is 0.271 e. The topological polar surface area (TPSA) is 37.6 Å². The van der Waals surface area contributed by atoms with Crippen LogP contribution < -0.4 is 14.9 Å². The molecule has 0 amide bonds. The molecule has 4 nitrogen and oxygen atoms in total. The number of rotatable bonds is 1. The van der Waals surface area contributed by atoms with Crippen molar-refractivity contribution in [1.29, 1.82) is 0 Å². The minimum Gasteiger partial charge on any atom is -0.277 e. The van der Waals surface area contributed by atoms with Crippen molar-refractivity contribution in [3.05, 3.63) is 55.6 Å². The fourth-order valence-corrected chi connectivity index (χ4v) is 2.81.